The number of aryl methyl sites for hydroxylation is 2. The molecule has 0 unspecified atom stereocenters. The van der Waals surface area contributed by atoms with E-state index in [9.17, 15) is 0 Å². The number of fused-ring (bicyclic) bond motifs is 1. The zero-order valence-corrected chi connectivity index (χ0v) is 7.07. The summed E-state index contributed by atoms with van der Waals surface area (Å²) >= 11 is 0. The largest absolute Gasteiger partial charge is 0.253 e. The third-order valence-electron chi connectivity index (χ3n) is 1.91. The van der Waals surface area contributed by atoms with E-state index < -0.39 is 0 Å². The average Bonchev–Trinajstić information content (AvgIpc) is 2.07. The highest BCUT2D eigenvalue weighted by atomic mass is 14.9. The lowest BCUT2D eigenvalue weighted by molar-refractivity contribution is 1.12. The summed E-state index contributed by atoms with van der Waals surface area (Å²) in [5.41, 5.74) is 3.93. The van der Waals surface area contributed by atoms with Gasteiger partial charge < -0.3 is 0 Å². The average molecular weight is 159 g/mol. The van der Waals surface area contributed by atoms with E-state index in [2.05, 4.69) is 15.0 Å². The molecule has 0 N–H and O–H groups in total. The molecule has 0 saturated heterocycles. The van der Waals surface area contributed by atoms with E-state index in [1.807, 2.05) is 19.9 Å². The molecule has 0 amide bonds. The van der Waals surface area contributed by atoms with Crippen molar-refractivity contribution in [1.82, 2.24) is 15.0 Å². The maximum absolute atomic E-state index is 4.22. The summed E-state index contributed by atoms with van der Waals surface area (Å²) in [5, 5.41) is 0. The standard InChI is InChI=1S/C9H9N3/c1-6-3-4-10-9-7(2)11-5-12-8(6)9/h3-5H,1-2H3. The van der Waals surface area contributed by atoms with Crippen molar-refractivity contribution in [2.45, 2.75) is 13.8 Å². The van der Waals surface area contributed by atoms with Crippen LogP contribution in [-0.2, 0) is 0 Å². The molecule has 0 spiro atoms. The first-order chi connectivity index (χ1) is 5.79. The Hall–Kier alpha value is -1.51. The number of rotatable bonds is 0. The van der Waals surface area contributed by atoms with Crippen molar-refractivity contribution < 1.29 is 0 Å². The second-order valence-electron chi connectivity index (χ2n) is 2.78. The van der Waals surface area contributed by atoms with Gasteiger partial charge in [-0.1, -0.05) is 0 Å². The second kappa shape index (κ2) is 2.52. The van der Waals surface area contributed by atoms with Gasteiger partial charge in [0.2, 0.25) is 0 Å². The molecule has 0 radical (unpaired) electrons. The van der Waals surface area contributed by atoms with Crippen molar-refractivity contribution in [2.24, 2.45) is 0 Å². The molecule has 0 aliphatic carbocycles. The van der Waals surface area contributed by atoms with Crippen LogP contribution in [-0.4, -0.2) is 15.0 Å². The van der Waals surface area contributed by atoms with Crippen LogP contribution in [0.2, 0.25) is 0 Å². The summed E-state index contributed by atoms with van der Waals surface area (Å²) in [5.74, 6) is 0. The molecule has 0 aliphatic heterocycles. The fourth-order valence-electron chi connectivity index (χ4n) is 1.21. The topological polar surface area (TPSA) is 38.7 Å². The molecule has 2 aromatic heterocycles. The lowest BCUT2D eigenvalue weighted by Crippen LogP contribution is -1.91. The Morgan fingerprint density at radius 1 is 1.00 bits per heavy atom. The normalized spacial score (nSPS) is 10.5. The molecular weight excluding hydrogens is 150 g/mol. The Morgan fingerprint density at radius 2 is 1.83 bits per heavy atom. The smallest absolute Gasteiger partial charge is 0.116 e. The van der Waals surface area contributed by atoms with Crippen LogP contribution in [0.4, 0.5) is 0 Å². The van der Waals surface area contributed by atoms with Gasteiger partial charge in [0, 0.05) is 6.20 Å². The van der Waals surface area contributed by atoms with Crippen LogP contribution >= 0.6 is 0 Å². The van der Waals surface area contributed by atoms with E-state index in [-0.39, 0.29) is 0 Å². The van der Waals surface area contributed by atoms with Crippen LogP contribution in [0, 0.1) is 13.8 Å². The highest BCUT2D eigenvalue weighted by molar-refractivity contribution is 5.78. The van der Waals surface area contributed by atoms with E-state index in [4.69, 9.17) is 0 Å². The number of pyridine rings is 1. The molecular formula is C9H9N3. The molecule has 2 rings (SSSR count). The zero-order chi connectivity index (χ0) is 8.55. The molecule has 2 aromatic rings. The Labute approximate surface area is 70.5 Å². The molecule has 0 fully saturated rings. The lowest BCUT2D eigenvalue weighted by atomic mass is 10.2. The fourth-order valence-corrected chi connectivity index (χ4v) is 1.21. The Morgan fingerprint density at radius 3 is 2.58 bits per heavy atom. The molecule has 0 aromatic carbocycles. The van der Waals surface area contributed by atoms with Crippen LogP contribution < -0.4 is 0 Å². The fraction of sp³-hybridized carbons (Fsp3) is 0.222. The number of aromatic nitrogens is 3. The van der Waals surface area contributed by atoms with Crippen molar-refractivity contribution in [2.75, 3.05) is 0 Å². The van der Waals surface area contributed by atoms with Gasteiger partial charge in [0.1, 0.15) is 11.8 Å². The van der Waals surface area contributed by atoms with Crippen molar-refractivity contribution >= 4 is 11.0 Å². The predicted molar refractivity (Wildman–Crippen MR) is 46.8 cm³/mol. The molecule has 12 heavy (non-hydrogen) atoms. The van der Waals surface area contributed by atoms with Crippen LogP contribution in [0.25, 0.3) is 11.0 Å². The third-order valence-corrected chi connectivity index (χ3v) is 1.91. The van der Waals surface area contributed by atoms with E-state index in [1.54, 1.807) is 12.5 Å². The van der Waals surface area contributed by atoms with Crippen LogP contribution in [0.1, 0.15) is 11.3 Å². The summed E-state index contributed by atoms with van der Waals surface area (Å²) in [6, 6.07) is 1.95. The first-order valence-electron chi connectivity index (χ1n) is 3.82. The van der Waals surface area contributed by atoms with Gasteiger partial charge in [0.15, 0.2) is 0 Å². The highest BCUT2D eigenvalue weighted by Crippen LogP contribution is 2.13. The number of hydrogen-bond acceptors (Lipinski definition) is 3. The maximum Gasteiger partial charge on any atom is 0.116 e. The van der Waals surface area contributed by atoms with E-state index in [1.165, 1.54) is 0 Å². The minimum Gasteiger partial charge on any atom is -0.253 e. The van der Waals surface area contributed by atoms with Gasteiger partial charge in [-0.3, -0.25) is 4.98 Å². The number of nitrogens with zero attached hydrogens (tertiary/aromatic N) is 3. The van der Waals surface area contributed by atoms with Crippen molar-refractivity contribution in [3.63, 3.8) is 0 Å². The van der Waals surface area contributed by atoms with Crippen molar-refractivity contribution in [3.8, 4) is 0 Å². The summed E-state index contributed by atoms with van der Waals surface area (Å²) < 4.78 is 0. The molecule has 0 aliphatic rings. The summed E-state index contributed by atoms with van der Waals surface area (Å²) in [4.78, 5) is 12.5. The monoisotopic (exact) mass is 159 g/mol. The van der Waals surface area contributed by atoms with Gasteiger partial charge in [-0.25, -0.2) is 9.97 Å². The molecule has 2 heterocycles. The summed E-state index contributed by atoms with van der Waals surface area (Å²) in [6.07, 6.45) is 3.36. The minimum atomic E-state index is 0.900. The molecule has 60 valence electrons. The summed E-state index contributed by atoms with van der Waals surface area (Å²) in [7, 11) is 0. The van der Waals surface area contributed by atoms with Crippen LogP contribution in [0.5, 0.6) is 0 Å². The van der Waals surface area contributed by atoms with Gasteiger partial charge >= 0.3 is 0 Å². The molecule has 0 saturated carbocycles. The minimum absolute atomic E-state index is 0.900. The SMILES string of the molecule is Cc1ccnc2c(C)ncnc12. The Balaban J connectivity index is 2.94. The van der Waals surface area contributed by atoms with Gasteiger partial charge in [-0.2, -0.15) is 0 Å². The predicted octanol–water partition coefficient (Wildman–Crippen LogP) is 1.64. The van der Waals surface area contributed by atoms with E-state index in [0.717, 1.165) is 22.3 Å². The van der Waals surface area contributed by atoms with E-state index in [0.29, 0.717) is 0 Å². The van der Waals surface area contributed by atoms with Gasteiger partial charge in [-0.05, 0) is 25.5 Å². The van der Waals surface area contributed by atoms with Crippen LogP contribution in [0.3, 0.4) is 0 Å². The molecule has 3 nitrogen and oxygen atoms in total. The first-order valence-corrected chi connectivity index (χ1v) is 3.82. The molecule has 3 heteroatoms. The summed E-state index contributed by atoms with van der Waals surface area (Å²) in [6.45, 7) is 3.97. The zero-order valence-electron chi connectivity index (χ0n) is 7.07. The maximum atomic E-state index is 4.22. The third kappa shape index (κ3) is 0.942. The van der Waals surface area contributed by atoms with E-state index >= 15 is 0 Å². The lowest BCUT2D eigenvalue weighted by Gasteiger charge is -2.00. The van der Waals surface area contributed by atoms with Crippen molar-refractivity contribution in [3.05, 3.63) is 29.8 Å². The molecule has 0 bridgehead atoms. The Kier molecular flexibility index (Phi) is 1.50. The number of hydrogen-bond donors (Lipinski definition) is 0. The second-order valence-corrected chi connectivity index (χ2v) is 2.78. The van der Waals surface area contributed by atoms with Crippen molar-refractivity contribution in [1.29, 1.82) is 0 Å². The first kappa shape index (κ1) is 7.16. The van der Waals surface area contributed by atoms with Gasteiger partial charge in [-0.15, -0.1) is 0 Å². The highest BCUT2D eigenvalue weighted by Gasteiger charge is 2.01. The van der Waals surface area contributed by atoms with Gasteiger partial charge in [0.25, 0.3) is 0 Å². The molecule has 0 atom stereocenters. The van der Waals surface area contributed by atoms with Gasteiger partial charge in [0.05, 0.1) is 11.2 Å². The Bertz CT molecular complexity index is 382. The van der Waals surface area contributed by atoms with Crippen LogP contribution in [0.15, 0.2) is 18.6 Å². The quantitative estimate of drug-likeness (QED) is 0.586.